The normalized spacial score (nSPS) is 22.1. The van der Waals surface area contributed by atoms with Crippen molar-refractivity contribution in [2.75, 3.05) is 20.2 Å². The number of hydrazone groups is 1. The van der Waals surface area contributed by atoms with E-state index < -0.39 is 0 Å². The van der Waals surface area contributed by atoms with Crippen LogP contribution in [-0.4, -0.2) is 47.8 Å². The summed E-state index contributed by atoms with van der Waals surface area (Å²) in [5, 5.41) is 6.33. The van der Waals surface area contributed by atoms with Gasteiger partial charge in [-0.05, 0) is 56.1 Å². The average Bonchev–Trinajstić information content (AvgIpc) is 3.21. The highest BCUT2D eigenvalue weighted by Gasteiger charge is 2.34. The van der Waals surface area contributed by atoms with Crippen molar-refractivity contribution in [3.05, 3.63) is 65.5 Å². The molecule has 0 radical (unpaired) electrons. The van der Waals surface area contributed by atoms with E-state index in [0.29, 0.717) is 19.0 Å². The summed E-state index contributed by atoms with van der Waals surface area (Å²) in [6.45, 7) is 3.47. The van der Waals surface area contributed by atoms with Crippen LogP contribution in [0.4, 0.5) is 4.39 Å². The third kappa shape index (κ3) is 4.38. The molecular weight excluding hydrogens is 381 g/mol. The standard InChI is InChI=1S/C24H28FN3O2/c1-17-6-3-4-13-27(17)16-24(29)28-23(18-9-11-20(25)12-10-18)15-22(26-28)19-7-5-8-21(14-19)30-2/h5,7-12,14,17,23H,3-4,6,13,15-16H2,1-2H3/t17-,23-/m0/s1. The van der Waals surface area contributed by atoms with Crippen molar-refractivity contribution < 1.29 is 13.9 Å². The molecule has 2 aliphatic rings. The monoisotopic (exact) mass is 409 g/mol. The van der Waals surface area contributed by atoms with Crippen molar-refractivity contribution in [2.24, 2.45) is 5.10 Å². The number of rotatable bonds is 5. The number of nitrogens with zero attached hydrogens (tertiary/aromatic N) is 3. The predicted molar refractivity (Wildman–Crippen MR) is 115 cm³/mol. The van der Waals surface area contributed by atoms with Crippen LogP contribution in [0.2, 0.25) is 0 Å². The molecule has 6 heteroatoms. The highest BCUT2D eigenvalue weighted by Crippen LogP contribution is 2.34. The Morgan fingerprint density at radius 1 is 1.20 bits per heavy atom. The van der Waals surface area contributed by atoms with Crippen molar-refractivity contribution in [1.82, 2.24) is 9.91 Å². The van der Waals surface area contributed by atoms with Gasteiger partial charge in [0.15, 0.2) is 0 Å². The molecule has 0 saturated carbocycles. The van der Waals surface area contributed by atoms with Gasteiger partial charge in [0.05, 0.1) is 25.4 Å². The van der Waals surface area contributed by atoms with Gasteiger partial charge in [-0.1, -0.05) is 30.7 Å². The van der Waals surface area contributed by atoms with Crippen molar-refractivity contribution in [3.63, 3.8) is 0 Å². The van der Waals surface area contributed by atoms with E-state index in [1.54, 1.807) is 24.3 Å². The molecule has 0 aliphatic carbocycles. The smallest absolute Gasteiger partial charge is 0.257 e. The van der Waals surface area contributed by atoms with Gasteiger partial charge >= 0.3 is 0 Å². The number of likely N-dealkylation sites (tertiary alicyclic amines) is 1. The van der Waals surface area contributed by atoms with E-state index in [1.807, 2.05) is 24.3 Å². The number of halogens is 1. The van der Waals surface area contributed by atoms with Crippen LogP contribution in [0, 0.1) is 5.82 Å². The van der Waals surface area contributed by atoms with Crippen LogP contribution in [0.3, 0.4) is 0 Å². The van der Waals surface area contributed by atoms with Crippen molar-refractivity contribution in [3.8, 4) is 5.75 Å². The maximum Gasteiger partial charge on any atom is 0.257 e. The molecule has 0 spiro atoms. The van der Waals surface area contributed by atoms with E-state index in [4.69, 9.17) is 9.84 Å². The Morgan fingerprint density at radius 2 is 2.00 bits per heavy atom. The van der Waals surface area contributed by atoms with Crippen molar-refractivity contribution >= 4 is 11.6 Å². The van der Waals surface area contributed by atoms with Crippen LogP contribution in [-0.2, 0) is 4.79 Å². The van der Waals surface area contributed by atoms with Gasteiger partial charge in [-0.25, -0.2) is 9.40 Å². The maximum atomic E-state index is 13.5. The van der Waals surface area contributed by atoms with Crippen LogP contribution in [0.15, 0.2) is 53.6 Å². The van der Waals surface area contributed by atoms with Gasteiger partial charge in [0.25, 0.3) is 5.91 Å². The number of hydrogen-bond acceptors (Lipinski definition) is 4. The Hall–Kier alpha value is -2.73. The minimum absolute atomic E-state index is 0.0176. The van der Waals surface area contributed by atoms with E-state index in [9.17, 15) is 9.18 Å². The molecular formula is C24H28FN3O2. The lowest BCUT2D eigenvalue weighted by atomic mass is 9.98. The second-order valence-electron chi connectivity index (χ2n) is 8.10. The van der Waals surface area contributed by atoms with E-state index in [-0.39, 0.29) is 17.8 Å². The molecule has 30 heavy (non-hydrogen) atoms. The first-order valence-corrected chi connectivity index (χ1v) is 10.6. The molecule has 5 nitrogen and oxygen atoms in total. The third-order valence-electron chi connectivity index (χ3n) is 6.10. The zero-order valence-corrected chi connectivity index (χ0v) is 17.6. The number of ether oxygens (including phenoxy) is 1. The Morgan fingerprint density at radius 3 is 2.73 bits per heavy atom. The largest absolute Gasteiger partial charge is 0.497 e. The maximum absolute atomic E-state index is 13.5. The molecule has 2 heterocycles. The summed E-state index contributed by atoms with van der Waals surface area (Å²) in [7, 11) is 1.63. The van der Waals surface area contributed by atoms with Gasteiger partial charge < -0.3 is 4.74 Å². The first-order valence-electron chi connectivity index (χ1n) is 10.6. The van der Waals surface area contributed by atoms with Gasteiger partial charge in [-0.2, -0.15) is 5.10 Å². The summed E-state index contributed by atoms with van der Waals surface area (Å²) in [4.78, 5) is 15.5. The fourth-order valence-corrected chi connectivity index (χ4v) is 4.30. The fourth-order valence-electron chi connectivity index (χ4n) is 4.30. The topological polar surface area (TPSA) is 45.1 Å². The third-order valence-corrected chi connectivity index (χ3v) is 6.10. The Bertz CT molecular complexity index is 928. The van der Waals surface area contributed by atoms with Crippen LogP contribution in [0.1, 0.15) is 49.8 Å². The average molecular weight is 410 g/mol. The highest BCUT2D eigenvalue weighted by molar-refractivity contribution is 6.03. The van der Waals surface area contributed by atoms with Crippen molar-refractivity contribution in [1.29, 1.82) is 0 Å². The zero-order valence-electron chi connectivity index (χ0n) is 17.6. The molecule has 4 rings (SSSR count). The molecule has 0 N–H and O–H groups in total. The van der Waals surface area contributed by atoms with Crippen molar-refractivity contribution in [2.45, 2.75) is 44.7 Å². The summed E-state index contributed by atoms with van der Waals surface area (Å²) >= 11 is 0. The zero-order chi connectivity index (χ0) is 21.1. The molecule has 0 aromatic heterocycles. The molecule has 2 aromatic rings. The summed E-state index contributed by atoms with van der Waals surface area (Å²) in [5.41, 5.74) is 2.66. The Balaban J connectivity index is 1.61. The predicted octanol–water partition coefficient (Wildman–Crippen LogP) is 4.39. The minimum Gasteiger partial charge on any atom is -0.497 e. The van der Waals surface area contributed by atoms with Gasteiger partial charge in [0.1, 0.15) is 11.6 Å². The van der Waals surface area contributed by atoms with Crippen LogP contribution in [0.25, 0.3) is 0 Å². The second-order valence-corrected chi connectivity index (χ2v) is 8.10. The summed E-state index contributed by atoms with van der Waals surface area (Å²) in [5.74, 6) is 0.446. The molecule has 2 atom stereocenters. The SMILES string of the molecule is COc1cccc(C2=NN(C(=O)CN3CCCC[C@@H]3C)[C@H](c3ccc(F)cc3)C2)c1. The lowest BCUT2D eigenvalue weighted by Crippen LogP contribution is -2.44. The van der Waals surface area contributed by atoms with E-state index in [0.717, 1.165) is 42.0 Å². The van der Waals surface area contributed by atoms with E-state index >= 15 is 0 Å². The molecule has 1 saturated heterocycles. The molecule has 2 aliphatic heterocycles. The van der Waals surface area contributed by atoms with Gasteiger partial charge in [-0.15, -0.1) is 0 Å². The quantitative estimate of drug-likeness (QED) is 0.736. The number of piperidine rings is 1. The molecule has 1 fully saturated rings. The number of hydrogen-bond donors (Lipinski definition) is 0. The van der Waals surface area contributed by atoms with E-state index in [1.165, 1.54) is 18.6 Å². The number of carbonyl (C=O) groups excluding carboxylic acids is 1. The summed E-state index contributed by atoms with van der Waals surface area (Å²) < 4.78 is 18.8. The second kappa shape index (κ2) is 8.96. The first kappa shape index (κ1) is 20.5. The lowest BCUT2D eigenvalue weighted by molar-refractivity contribution is -0.135. The fraction of sp³-hybridized carbons (Fsp3) is 0.417. The summed E-state index contributed by atoms with van der Waals surface area (Å²) in [6, 6.07) is 14.2. The minimum atomic E-state index is -0.286. The molecule has 2 aromatic carbocycles. The Kier molecular flexibility index (Phi) is 6.13. The number of carbonyl (C=O) groups is 1. The van der Waals surface area contributed by atoms with Gasteiger partial charge in [0.2, 0.25) is 0 Å². The molecule has 0 unspecified atom stereocenters. The highest BCUT2D eigenvalue weighted by atomic mass is 19.1. The van der Waals surface area contributed by atoms with Gasteiger partial charge in [0, 0.05) is 18.0 Å². The number of benzene rings is 2. The Labute approximate surface area is 177 Å². The van der Waals surface area contributed by atoms with Crippen LogP contribution in [0.5, 0.6) is 5.75 Å². The van der Waals surface area contributed by atoms with Gasteiger partial charge in [-0.3, -0.25) is 9.69 Å². The van der Waals surface area contributed by atoms with Crippen LogP contribution < -0.4 is 4.74 Å². The molecule has 1 amide bonds. The lowest BCUT2D eigenvalue weighted by Gasteiger charge is -2.34. The van der Waals surface area contributed by atoms with E-state index in [2.05, 4.69) is 11.8 Å². The molecule has 158 valence electrons. The number of amides is 1. The molecule has 0 bridgehead atoms. The summed E-state index contributed by atoms with van der Waals surface area (Å²) in [6.07, 6.45) is 4.04. The first-order chi connectivity index (χ1) is 14.5. The van der Waals surface area contributed by atoms with Crippen LogP contribution >= 0.6 is 0 Å². The number of methoxy groups -OCH3 is 1.